The van der Waals surface area contributed by atoms with E-state index in [4.69, 9.17) is 4.52 Å². The van der Waals surface area contributed by atoms with Crippen LogP contribution < -0.4 is 4.90 Å². The topological polar surface area (TPSA) is 67.3 Å². The van der Waals surface area contributed by atoms with E-state index in [2.05, 4.69) is 14.9 Å². The highest BCUT2D eigenvalue weighted by Gasteiger charge is 2.20. The van der Waals surface area contributed by atoms with E-state index in [-0.39, 0.29) is 0 Å². The first kappa shape index (κ1) is 17.6. The van der Waals surface area contributed by atoms with Crippen LogP contribution in [0.2, 0.25) is 0 Å². The number of aromatic nitrogens is 3. The van der Waals surface area contributed by atoms with Crippen molar-refractivity contribution in [2.75, 3.05) is 11.9 Å². The average molecular weight is 370 g/mol. The van der Waals surface area contributed by atoms with E-state index in [9.17, 15) is 9.50 Å². The highest BCUT2D eigenvalue weighted by Crippen LogP contribution is 2.30. The summed E-state index contributed by atoms with van der Waals surface area (Å²) < 4.78 is 20.8. The Labute approximate surface area is 157 Å². The van der Waals surface area contributed by atoms with Crippen LogP contribution in [0.15, 0.2) is 41.1 Å². The Bertz CT molecular complexity index is 914. The molecule has 3 aromatic rings. The fourth-order valence-electron chi connectivity index (χ4n) is 3.69. The molecule has 0 amide bonds. The number of anilines is 1. The molecule has 0 atom stereocenters. The van der Waals surface area contributed by atoms with Gasteiger partial charge in [-0.25, -0.2) is 4.39 Å². The highest BCUT2D eigenvalue weighted by atomic mass is 19.1. The second-order valence-electron chi connectivity index (χ2n) is 7.13. The van der Waals surface area contributed by atoms with Crippen LogP contribution in [0.25, 0.3) is 11.3 Å². The maximum Gasteiger partial charge on any atom is 0.172 e. The average Bonchev–Trinajstić information content (AvgIpc) is 3.34. The minimum absolute atomic E-state index is 0.407. The van der Waals surface area contributed by atoms with E-state index in [0.717, 1.165) is 5.69 Å². The summed E-state index contributed by atoms with van der Waals surface area (Å²) in [5, 5.41) is 18.2. The zero-order valence-electron chi connectivity index (χ0n) is 15.3. The fraction of sp³-hybridized carbons (Fsp3) is 0.400. The van der Waals surface area contributed by atoms with Gasteiger partial charge in [0, 0.05) is 24.9 Å². The molecule has 1 aliphatic rings. The summed E-state index contributed by atoms with van der Waals surface area (Å²) in [6.07, 6.45) is 8.05. The molecule has 1 fully saturated rings. The predicted octanol–water partition coefficient (Wildman–Crippen LogP) is 4.52. The molecule has 0 unspecified atom stereocenters. The van der Waals surface area contributed by atoms with Crippen LogP contribution in [-0.4, -0.2) is 27.1 Å². The second kappa shape index (κ2) is 7.42. The molecule has 7 heteroatoms. The number of phenolic OH excluding ortho intramolecular Hbond substituents is 1. The normalized spacial score (nSPS) is 15.2. The van der Waals surface area contributed by atoms with Gasteiger partial charge in [-0.15, -0.1) is 0 Å². The molecule has 2 aromatic heterocycles. The zero-order chi connectivity index (χ0) is 18.8. The van der Waals surface area contributed by atoms with Crippen molar-refractivity contribution in [3.63, 3.8) is 0 Å². The van der Waals surface area contributed by atoms with Crippen LogP contribution >= 0.6 is 0 Å². The highest BCUT2D eigenvalue weighted by molar-refractivity contribution is 5.62. The Morgan fingerprint density at radius 1 is 1.22 bits per heavy atom. The van der Waals surface area contributed by atoms with Gasteiger partial charge in [0.15, 0.2) is 23.1 Å². The Morgan fingerprint density at radius 2 is 2.04 bits per heavy atom. The Kier molecular flexibility index (Phi) is 4.83. The smallest absolute Gasteiger partial charge is 0.172 e. The van der Waals surface area contributed by atoms with Gasteiger partial charge in [0.05, 0.1) is 18.3 Å². The van der Waals surface area contributed by atoms with Crippen molar-refractivity contribution >= 4 is 5.82 Å². The molecule has 0 aliphatic heterocycles. The molecule has 27 heavy (non-hydrogen) atoms. The van der Waals surface area contributed by atoms with Crippen molar-refractivity contribution in [2.45, 2.75) is 44.7 Å². The lowest BCUT2D eigenvalue weighted by Gasteiger charge is -2.25. The lowest BCUT2D eigenvalue weighted by Crippen LogP contribution is -2.22. The molecular formula is C20H23FN4O2. The molecule has 1 saturated carbocycles. The van der Waals surface area contributed by atoms with E-state index in [0.29, 0.717) is 29.7 Å². The Hall–Kier alpha value is -2.83. The van der Waals surface area contributed by atoms with E-state index in [1.807, 2.05) is 24.2 Å². The van der Waals surface area contributed by atoms with Gasteiger partial charge in [-0.1, -0.05) is 24.4 Å². The van der Waals surface area contributed by atoms with E-state index in [1.165, 1.54) is 44.2 Å². The van der Waals surface area contributed by atoms with Crippen molar-refractivity contribution in [3.8, 4) is 17.1 Å². The summed E-state index contributed by atoms with van der Waals surface area (Å²) in [5.41, 5.74) is 1.72. The molecule has 0 radical (unpaired) electrons. The van der Waals surface area contributed by atoms with Crippen molar-refractivity contribution in [2.24, 2.45) is 0 Å². The van der Waals surface area contributed by atoms with Gasteiger partial charge in [0.25, 0.3) is 0 Å². The number of rotatable bonds is 5. The number of benzene rings is 1. The Balaban J connectivity index is 1.49. The molecule has 4 rings (SSSR count). The van der Waals surface area contributed by atoms with Crippen LogP contribution in [0.5, 0.6) is 5.75 Å². The van der Waals surface area contributed by atoms with Gasteiger partial charge in [-0.2, -0.15) is 5.10 Å². The first-order valence-corrected chi connectivity index (χ1v) is 9.31. The molecule has 0 bridgehead atoms. The predicted molar refractivity (Wildman–Crippen MR) is 100 cm³/mol. The molecular weight excluding hydrogens is 347 g/mol. The van der Waals surface area contributed by atoms with Gasteiger partial charge in [-0.3, -0.25) is 4.68 Å². The number of hydrogen-bond donors (Lipinski definition) is 1. The number of hydrogen-bond acceptors (Lipinski definition) is 5. The standard InChI is InChI=1S/C20H23FN4O2/c1-24(13-16-9-10-22-25(16)15-5-3-2-4-6-15)20-12-19(27-23-20)14-7-8-17(21)18(26)11-14/h7-12,15,26H,2-6,13H2,1H3. The molecule has 142 valence electrons. The van der Waals surface area contributed by atoms with Gasteiger partial charge in [0.1, 0.15) is 0 Å². The molecule has 0 saturated heterocycles. The number of phenols is 1. The third-order valence-electron chi connectivity index (χ3n) is 5.19. The lowest BCUT2D eigenvalue weighted by atomic mass is 9.95. The van der Waals surface area contributed by atoms with Gasteiger partial charge < -0.3 is 14.5 Å². The summed E-state index contributed by atoms with van der Waals surface area (Å²) in [5.74, 6) is 0.0833. The minimum Gasteiger partial charge on any atom is -0.505 e. The lowest BCUT2D eigenvalue weighted by molar-refractivity contribution is 0.322. The van der Waals surface area contributed by atoms with Crippen molar-refractivity contribution in [1.29, 1.82) is 0 Å². The Morgan fingerprint density at radius 3 is 2.81 bits per heavy atom. The van der Waals surface area contributed by atoms with E-state index in [1.54, 1.807) is 12.1 Å². The van der Waals surface area contributed by atoms with Crippen LogP contribution in [0.3, 0.4) is 0 Å². The molecule has 2 heterocycles. The van der Waals surface area contributed by atoms with Crippen LogP contribution in [0.1, 0.15) is 43.8 Å². The zero-order valence-corrected chi connectivity index (χ0v) is 15.3. The molecule has 1 N–H and O–H groups in total. The number of halogens is 1. The number of aromatic hydroxyl groups is 1. The largest absolute Gasteiger partial charge is 0.505 e. The maximum atomic E-state index is 13.2. The monoisotopic (exact) mass is 370 g/mol. The van der Waals surface area contributed by atoms with Gasteiger partial charge in [0.2, 0.25) is 0 Å². The van der Waals surface area contributed by atoms with Crippen molar-refractivity contribution < 1.29 is 14.0 Å². The van der Waals surface area contributed by atoms with E-state index < -0.39 is 11.6 Å². The fourth-order valence-corrected chi connectivity index (χ4v) is 3.69. The minimum atomic E-state index is -0.661. The van der Waals surface area contributed by atoms with Crippen molar-refractivity contribution in [1.82, 2.24) is 14.9 Å². The van der Waals surface area contributed by atoms with Gasteiger partial charge >= 0.3 is 0 Å². The summed E-state index contributed by atoms with van der Waals surface area (Å²) in [6, 6.07) is 8.40. The van der Waals surface area contributed by atoms with E-state index >= 15 is 0 Å². The quantitative estimate of drug-likeness (QED) is 0.715. The van der Waals surface area contributed by atoms with Crippen LogP contribution in [0.4, 0.5) is 10.2 Å². The van der Waals surface area contributed by atoms with Crippen molar-refractivity contribution in [3.05, 3.63) is 48.0 Å². The first-order chi connectivity index (χ1) is 13.1. The molecule has 1 aromatic carbocycles. The molecule has 0 spiro atoms. The molecule has 6 nitrogen and oxygen atoms in total. The van der Waals surface area contributed by atoms with Crippen LogP contribution in [-0.2, 0) is 6.54 Å². The third kappa shape index (κ3) is 3.67. The summed E-state index contributed by atoms with van der Waals surface area (Å²) >= 11 is 0. The van der Waals surface area contributed by atoms with Crippen LogP contribution in [0, 0.1) is 5.82 Å². The molecule has 1 aliphatic carbocycles. The first-order valence-electron chi connectivity index (χ1n) is 9.31. The number of nitrogens with zero attached hydrogens (tertiary/aromatic N) is 4. The maximum absolute atomic E-state index is 13.2. The second-order valence-corrected chi connectivity index (χ2v) is 7.13. The summed E-state index contributed by atoms with van der Waals surface area (Å²) in [4.78, 5) is 1.99. The SMILES string of the molecule is CN(Cc1ccnn1C1CCCCC1)c1cc(-c2ccc(F)c(O)c2)on1. The summed E-state index contributed by atoms with van der Waals surface area (Å²) in [6.45, 7) is 0.664. The third-order valence-corrected chi connectivity index (χ3v) is 5.19. The van der Waals surface area contributed by atoms with Gasteiger partial charge in [-0.05, 0) is 37.1 Å². The summed E-state index contributed by atoms with van der Waals surface area (Å²) in [7, 11) is 1.95.